The number of aliphatic hydroxyl groups excluding tert-OH is 1. The van der Waals surface area contributed by atoms with Crippen LogP contribution >= 0.6 is 0 Å². The van der Waals surface area contributed by atoms with Gasteiger partial charge in [0.15, 0.2) is 5.78 Å². The third-order valence-corrected chi connectivity index (χ3v) is 10.9. The lowest BCUT2D eigenvalue weighted by Crippen LogP contribution is -2.51. The molecule has 4 aliphatic carbocycles. The maximum absolute atomic E-state index is 12.7. The van der Waals surface area contributed by atoms with Crippen molar-refractivity contribution in [3.8, 4) is 0 Å². The molecule has 1 saturated heterocycles. The lowest BCUT2D eigenvalue weighted by Gasteiger charge is -2.58. The predicted octanol–water partition coefficient (Wildman–Crippen LogP) is 3.87. The molecule has 194 valence electrons. The largest absolute Gasteiger partial charge is 0.391 e. The second kappa shape index (κ2) is 9.29. The number of carbonyl (C=O) groups excluding carboxylic acids is 2. The smallest absolute Gasteiger partial charge is 0.337 e. The van der Waals surface area contributed by atoms with Crippen molar-refractivity contribution >= 4 is 17.5 Å². The van der Waals surface area contributed by atoms with E-state index in [1.165, 1.54) is 31.3 Å². The molecule has 0 radical (unpaired) electrons. The number of allylic oxidation sites excluding steroid dienone is 1. The summed E-state index contributed by atoms with van der Waals surface area (Å²) in [6.07, 6.45) is 11.2. The van der Waals surface area contributed by atoms with Gasteiger partial charge < -0.3 is 15.3 Å². The summed E-state index contributed by atoms with van der Waals surface area (Å²) < 4.78 is 0. The zero-order valence-corrected chi connectivity index (χ0v) is 22.0. The van der Waals surface area contributed by atoms with Crippen LogP contribution in [0.5, 0.6) is 0 Å². The van der Waals surface area contributed by atoms with Crippen molar-refractivity contribution in [2.24, 2.45) is 39.6 Å². The number of fused-ring (bicyclic) bond motifs is 5. The standard InChI is InChI=1S/C28H44N4O3/c1-17(30-31-26(35)32(4)16-24-25(34)11-14-29-24)21-7-8-22-20-6-5-18-15-19(33)9-12-27(18,2)23(20)10-13-28(21,22)3/h15,20-25,29,34H,5-14,16H2,1-4H3,(H,31,35)/b30-17+/t20-,21+,22-,23-,24?,25?,27-,28+/m0/s1. The summed E-state index contributed by atoms with van der Waals surface area (Å²) >= 11 is 0. The van der Waals surface area contributed by atoms with Gasteiger partial charge in [-0.15, -0.1) is 0 Å². The van der Waals surface area contributed by atoms with Crippen LogP contribution in [0.3, 0.4) is 0 Å². The maximum Gasteiger partial charge on any atom is 0.337 e. The summed E-state index contributed by atoms with van der Waals surface area (Å²) in [6.45, 7) is 8.26. The van der Waals surface area contributed by atoms with Crippen molar-refractivity contribution in [3.05, 3.63) is 11.6 Å². The zero-order valence-electron chi connectivity index (χ0n) is 22.0. The minimum Gasteiger partial charge on any atom is -0.391 e. The number of nitrogens with zero attached hydrogens (tertiary/aromatic N) is 2. The molecule has 0 aromatic carbocycles. The molecule has 1 heterocycles. The Hall–Kier alpha value is -1.73. The highest BCUT2D eigenvalue weighted by atomic mass is 16.3. The van der Waals surface area contributed by atoms with Gasteiger partial charge in [0.1, 0.15) is 0 Å². The highest BCUT2D eigenvalue weighted by Gasteiger charge is 2.59. The Morgan fingerprint density at radius 3 is 2.71 bits per heavy atom. The molecule has 3 N–H and O–H groups in total. The number of hydrogen-bond donors (Lipinski definition) is 3. The van der Waals surface area contributed by atoms with Gasteiger partial charge in [-0.25, -0.2) is 10.2 Å². The number of hydrazone groups is 1. The maximum atomic E-state index is 12.7. The van der Waals surface area contributed by atoms with Gasteiger partial charge in [0.05, 0.1) is 12.1 Å². The molecule has 1 aliphatic heterocycles. The molecule has 5 rings (SSSR count). The molecule has 0 aromatic rings. The van der Waals surface area contributed by atoms with Crippen molar-refractivity contribution in [1.29, 1.82) is 0 Å². The van der Waals surface area contributed by atoms with E-state index in [0.717, 1.165) is 43.9 Å². The van der Waals surface area contributed by atoms with E-state index in [9.17, 15) is 14.7 Å². The number of ketones is 1. The van der Waals surface area contributed by atoms with Crippen LogP contribution in [0.2, 0.25) is 0 Å². The monoisotopic (exact) mass is 484 g/mol. The number of carbonyl (C=O) groups is 2. The number of likely N-dealkylation sites (N-methyl/N-ethyl adjacent to an activating group) is 1. The highest BCUT2D eigenvalue weighted by Crippen LogP contribution is 2.66. The Morgan fingerprint density at radius 1 is 1.17 bits per heavy atom. The fourth-order valence-corrected chi connectivity index (χ4v) is 8.86. The molecule has 0 aromatic heterocycles. The summed E-state index contributed by atoms with van der Waals surface area (Å²) in [4.78, 5) is 26.4. The van der Waals surface area contributed by atoms with Crippen molar-refractivity contribution in [2.45, 2.75) is 90.7 Å². The van der Waals surface area contributed by atoms with E-state index < -0.39 is 6.10 Å². The van der Waals surface area contributed by atoms with Crippen LogP contribution in [-0.2, 0) is 4.79 Å². The average molecular weight is 485 g/mol. The van der Waals surface area contributed by atoms with Crippen LogP contribution in [0.15, 0.2) is 16.8 Å². The van der Waals surface area contributed by atoms with Gasteiger partial charge >= 0.3 is 6.03 Å². The summed E-state index contributed by atoms with van der Waals surface area (Å²) in [7, 11) is 1.76. The molecule has 7 heteroatoms. The first kappa shape index (κ1) is 24.9. The third kappa shape index (κ3) is 4.26. The van der Waals surface area contributed by atoms with Crippen molar-refractivity contribution in [3.63, 3.8) is 0 Å². The number of hydrogen-bond acceptors (Lipinski definition) is 5. The van der Waals surface area contributed by atoms with E-state index in [1.807, 2.05) is 6.08 Å². The van der Waals surface area contributed by atoms with Crippen LogP contribution in [0.25, 0.3) is 0 Å². The molecular formula is C28H44N4O3. The van der Waals surface area contributed by atoms with Crippen molar-refractivity contribution < 1.29 is 14.7 Å². The van der Waals surface area contributed by atoms with Gasteiger partial charge in [-0.2, -0.15) is 5.10 Å². The second-order valence-corrected chi connectivity index (χ2v) is 12.6. The lowest BCUT2D eigenvalue weighted by molar-refractivity contribution is -0.117. The van der Waals surface area contributed by atoms with Crippen molar-refractivity contribution in [1.82, 2.24) is 15.6 Å². The Kier molecular flexibility index (Phi) is 6.62. The minimum absolute atomic E-state index is 0.0736. The molecule has 2 amide bonds. The quantitative estimate of drug-likeness (QED) is 0.417. The molecule has 0 spiro atoms. The Labute approximate surface area is 210 Å². The van der Waals surface area contributed by atoms with E-state index in [2.05, 4.69) is 36.6 Å². The van der Waals surface area contributed by atoms with Crippen LogP contribution in [-0.4, -0.2) is 59.8 Å². The van der Waals surface area contributed by atoms with Crippen LogP contribution < -0.4 is 10.7 Å². The normalized spacial score (nSPS) is 43.2. The van der Waals surface area contributed by atoms with E-state index >= 15 is 0 Å². The highest BCUT2D eigenvalue weighted by molar-refractivity contribution is 5.91. The Balaban J connectivity index is 1.24. The predicted molar refractivity (Wildman–Crippen MR) is 137 cm³/mol. The molecule has 0 bridgehead atoms. The third-order valence-electron chi connectivity index (χ3n) is 10.9. The van der Waals surface area contributed by atoms with Gasteiger partial charge in [0, 0.05) is 31.6 Å². The number of amides is 2. The topological polar surface area (TPSA) is 94.0 Å². The lowest BCUT2D eigenvalue weighted by atomic mass is 9.46. The molecule has 3 saturated carbocycles. The van der Waals surface area contributed by atoms with Gasteiger partial charge in [-0.1, -0.05) is 19.4 Å². The molecule has 8 atom stereocenters. The molecule has 4 fully saturated rings. The van der Waals surface area contributed by atoms with Crippen LogP contribution in [0, 0.1) is 34.5 Å². The summed E-state index contributed by atoms with van der Waals surface area (Å²) in [5.74, 6) is 2.84. The first-order valence-corrected chi connectivity index (χ1v) is 13.8. The van der Waals surface area contributed by atoms with Gasteiger partial charge in [0.25, 0.3) is 0 Å². The van der Waals surface area contributed by atoms with E-state index in [0.29, 0.717) is 36.5 Å². The first-order valence-electron chi connectivity index (χ1n) is 13.8. The SMILES string of the molecule is C/C(=N\NC(=O)N(C)CC1NCCC1O)[C@H]1CC[C@H]2[C@@H]3CCC4=CC(=O)CC[C@]4(C)[C@H]3CC[C@]12C. The number of nitrogens with one attached hydrogen (secondary N) is 2. The molecule has 7 nitrogen and oxygen atoms in total. The van der Waals surface area contributed by atoms with Gasteiger partial charge in [-0.05, 0) is 99.5 Å². The number of rotatable bonds is 4. The van der Waals surface area contributed by atoms with Crippen LogP contribution in [0.1, 0.15) is 78.6 Å². The average Bonchev–Trinajstić information content (AvgIpc) is 3.39. The van der Waals surface area contributed by atoms with E-state index in [4.69, 9.17) is 0 Å². The van der Waals surface area contributed by atoms with Gasteiger partial charge in [0.2, 0.25) is 0 Å². The fourth-order valence-electron chi connectivity index (χ4n) is 8.86. The summed E-state index contributed by atoms with van der Waals surface area (Å²) in [5.41, 5.74) is 5.70. The minimum atomic E-state index is -0.399. The second-order valence-electron chi connectivity index (χ2n) is 12.6. The number of urea groups is 1. The Morgan fingerprint density at radius 2 is 1.97 bits per heavy atom. The molecular weight excluding hydrogens is 440 g/mol. The first-order chi connectivity index (χ1) is 16.6. The van der Waals surface area contributed by atoms with Crippen molar-refractivity contribution in [2.75, 3.05) is 20.1 Å². The molecule has 5 aliphatic rings. The summed E-state index contributed by atoms with van der Waals surface area (Å²) in [5, 5.41) is 17.9. The molecule has 2 unspecified atom stereocenters. The zero-order chi connectivity index (χ0) is 25.0. The van der Waals surface area contributed by atoms with Crippen LogP contribution in [0.4, 0.5) is 4.79 Å². The Bertz CT molecular complexity index is 931. The van der Waals surface area contributed by atoms with Gasteiger partial charge in [-0.3, -0.25) is 4.79 Å². The number of aliphatic hydroxyl groups is 1. The van der Waals surface area contributed by atoms with E-state index in [-0.39, 0.29) is 22.9 Å². The molecule has 35 heavy (non-hydrogen) atoms. The summed E-state index contributed by atoms with van der Waals surface area (Å²) in [6, 6.07) is -0.296. The fraction of sp³-hybridized carbons (Fsp3) is 0.821. The van der Waals surface area contributed by atoms with E-state index in [1.54, 1.807) is 11.9 Å².